The summed E-state index contributed by atoms with van der Waals surface area (Å²) in [7, 11) is 2.05. The predicted octanol–water partition coefficient (Wildman–Crippen LogP) is 4.23. The highest BCUT2D eigenvalue weighted by atomic mass is 32.2. The molecule has 1 unspecified atom stereocenters. The Balaban J connectivity index is 1.90. The van der Waals surface area contributed by atoms with Crippen molar-refractivity contribution in [2.45, 2.75) is 31.2 Å². The highest BCUT2D eigenvalue weighted by Crippen LogP contribution is 2.20. The van der Waals surface area contributed by atoms with Gasteiger partial charge in [0.15, 0.2) is 0 Å². The van der Waals surface area contributed by atoms with Crippen LogP contribution in [0.1, 0.15) is 16.7 Å². The van der Waals surface area contributed by atoms with E-state index in [4.69, 9.17) is 0 Å². The van der Waals surface area contributed by atoms with Crippen molar-refractivity contribution in [2.24, 2.45) is 0 Å². The van der Waals surface area contributed by atoms with Gasteiger partial charge < -0.3 is 5.32 Å². The number of aryl methyl sites for hydroxylation is 2. The lowest BCUT2D eigenvalue weighted by Gasteiger charge is -2.16. The molecule has 0 radical (unpaired) electrons. The SMILES string of the molecule is CNC(CSc1cccc(C)c1)Cc1ccc(C)cc1. The second kappa shape index (κ2) is 7.51. The van der Waals surface area contributed by atoms with Gasteiger partial charge in [-0.05, 0) is 45.0 Å². The Hall–Kier alpha value is -1.25. The van der Waals surface area contributed by atoms with Crippen LogP contribution in [0, 0.1) is 13.8 Å². The molecule has 0 aliphatic rings. The highest BCUT2D eigenvalue weighted by molar-refractivity contribution is 7.99. The first-order chi connectivity index (χ1) is 9.67. The van der Waals surface area contributed by atoms with Crippen LogP contribution in [0.15, 0.2) is 53.4 Å². The Morgan fingerprint density at radius 2 is 1.75 bits per heavy atom. The fourth-order valence-electron chi connectivity index (χ4n) is 2.15. The number of hydrogen-bond acceptors (Lipinski definition) is 2. The first-order valence-electron chi connectivity index (χ1n) is 7.09. The van der Waals surface area contributed by atoms with Gasteiger partial charge in [-0.15, -0.1) is 11.8 Å². The van der Waals surface area contributed by atoms with E-state index in [1.165, 1.54) is 21.6 Å². The Bertz CT molecular complexity index is 533. The molecule has 0 fully saturated rings. The maximum Gasteiger partial charge on any atom is 0.0199 e. The van der Waals surface area contributed by atoms with Gasteiger partial charge in [0.25, 0.3) is 0 Å². The van der Waals surface area contributed by atoms with Crippen molar-refractivity contribution in [3.63, 3.8) is 0 Å². The van der Waals surface area contributed by atoms with Crippen LogP contribution in [0.5, 0.6) is 0 Å². The molecule has 2 rings (SSSR count). The molecule has 0 aromatic heterocycles. The van der Waals surface area contributed by atoms with Crippen molar-refractivity contribution >= 4 is 11.8 Å². The fraction of sp³-hybridized carbons (Fsp3) is 0.333. The van der Waals surface area contributed by atoms with Crippen molar-refractivity contribution in [1.82, 2.24) is 5.32 Å². The predicted molar refractivity (Wildman–Crippen MR) is 89.6 cm³/mol. The zero-order chi connectivity index (χ0) is 14.4. The maximum absolute atomic E-state index is 3.43. The molecule has 0 aliphatic heterocycles. The van der Waals surface area contributed by atoms with Gasteiger partial charge in [0.1, 0.15) is 0 Å². The molecule has 0 spiro atoms. The molecule has 0 saturated heterocycles. The van der Waals surface area contributed by atoms with Gasteiger partial charge in [0, 0.05) is 16.7 Å². The minimum absolute atomic E-state index is 0.503. The zero-order valence-corrected chi connectivity index (χ0v) is 13.3. The minimum Gasteiger partial charge on any atom is -0.316 e. The molecular weight excluding hydrogens is 262 g/mol. The van der Waals surface area contributed by atoms with Crippen LogP contribution in [0.25, 0.3) is 0 Å². The van der Waals surface area contributed by atoms with Crippen LogP contribution in [-0.2, 0) is 6.42 Å². The van der Waals surface area contributed by atoms with Crippen molar-refractivity contribution < 1.29 is 0 Å². The van der Waals surface area contributed by atoms with Crippen LogP contribution in [0.3, 0.4) is 0 Å². The Morgan fingerprint density at radius 3 is 2.40 bits per heavy atom. The van der Waals surface area contributed by atoms with Crippen LogP contribution < -0.4 is 5.32 Å². The molecule has 0 bridgehead atoms. The van der Waals surface area contributed by atoms with Crippen molar-refractivity contribution in [3.05, 3.63) is 65.2 Å². The van der Waals surface area contributed by atoms with E-state index in [0.717, 1.165) is 12.2 Å². The van der Waals surface area contributed by atoms with E-state index in [0.29, 0.717) is 6.04 Å². The summed E-state index contributed by atoms with van der Waals surface area (Å²) < 4.78 is 0. The normalized spacial score (nSPS) is 12.3. The molecule has 1 atom stereocenters. The van der Waals surface area contributed by atoms with Gasteiger partial charge in [-0.3, -0.25) is 0 Å². The van der Waals surface area contributed by atoms with Gasteiger partial charge in [0.05, 0.1) is 0 Å². The molecule has 20 heavy (non-hydrogen) atoms. The number of benzene rings is 2. The summed E-state index contributed by atoms with van der Waals surface area (Å²) in [6, 6.07) is 18.1. The molecule has 2 aromatic rings. The van der Waals surface area contributed by atoms with Gasteiger partial charge in [0.2, 0.25) is 0 Å². The van der Waals surface area contributed by atoms with Crippen LogP contribution >= 0.6 is 11.8 Å². The summed E-state index contributed by atoms with van der Waals surface area (Å²) in [5.74, 6) is 1.09. The quantitative estimate of drug-likeness (QED) is 0.797. The molecule has 106 valence electrons. The molecule has 0 saturated carbocycles. The second-order valence-corrected chi connectivity index (χ2v) is 6.40. The van der Waals surface area contributed by atoms with Gasteiger partial charge in [-0.2, -0.15) is 0 Å². The third kappa shape index (κ3) is 4.69. The average Bonchev–Trinajstić information content (AvgIpc) is 2.45. The van der Waals surface area contributed by atoms with E-state index in [2.05, 4.69) is 74.7 Å². The number of likely N-dealkylation sites (N-methyl/N-ethyl adjacent to an activating group) is 1. The second-order valence-electron chi connectivity index (χ2n) is 5.30. The summed E-state index contributed by atoms with van der Waals surface area (Å²) >= 11 is 1.93. The molecule has 1 nitrogen and oxygen atoms in total. The first kappa shape index (κ1) is 15.1. The van der Waals surface area contributed by atoms with Crippen molar-refractivity contribution in [1.29, 1.82) is 0 Å². The molecule has 0 heterocycles. The van der Waals surface area contributed by atoms with E-state index >= 15 is 0 Å². The van der Waals surface area contributed by atoms with Gasteiger partial charge in [-0.25, -0.2) is 0 Å². The number of nitrogens with one attached hydrogen (secondary N) is 1. The van der Waals surface area contributed by atoms with Crippen LogP contribution in [0.4, 0.5) is 0 Å². The van der Waals surface area contributed by atoms with Crippen molar-refractivity contribution in [2.75, 3.05) is 12.8 Å². The van der Waals surface area contributed by atoms with E-state index in [1.54, 1.807) is 0 Å². The molecule has 0 amide bonds. The standard InChI is InChI=1S/C18H23NS/c1-14-7-9-16(10-8-14)12-17(19-3)13-20-18-6-4-5-15(2)11-18/h4-11,17,19H,12-13H2,1-3H3. The Morgan fingerprint density at radius 1 is 1.00 bits per heavy atom. The summed E-state index contributed by atoms with van der Waals surface area (Å²) in [6.45, 7) is 4.28. The summed E-state index contributed by atoms with van der Waals surface area (Å²) in [5.41, 5.74) is 4.05. The van der Waals surface area contributed by atoms with Crippen LogP contribution in [-0.4, -0.2) is 18.8 Å². The van der Waals surface area contributed by atoms with Gasteiger partial charge >= 0.3 is 0 Å². The molecule has 2 aromatic carbocycles. The smallest absolute Gasteiger partial charge is 0.0199 e. The lowest BCUT2D eigenvalue weighted by Crippen LogP contribution is -2.30. The largest absolute Gasteiger partial charge is 0.316 e. The number of thioether (sulfide) groups is 1. The molecule has 1 N–H and O–H groups in total. The summed E-state index contributed by atoms with van der Waals surface area (Å²) in [6.07, 6.45) is 1.08. The van der Waals surface area contributed by atoms with E-state index in [-0.39, 0.29) is 0 Å². The third-order valence-corrected chi connectivity index (χ3v) is 4.61. The van der Waals surface area contributed by atoms with Crippen LogP contribution in [0.2, 0.25) is 0 Å². The fourth-order valence-corrected chi connectivity index (χ4v) is 3.28. The Labute approximate surface area is 126 Å². The number of rotatable bonds is 6. The van der Waals surface area contributed by atoms with Crippen molar-refractivity contribution in [3.8, 4) is 0 Å². The van der Waals surface area contributed by atoms with E-state index in [1.807, 2.05) is 11.8 Å². The number of hydrogen-bond donors (Lipinski definition) is 1. The third-order valence-electron chi connectivity index (χ3n) is 3.45. The minimum atomic E-state index is 0.503. The van der Waals surface area contributed by atoms with Gasteiger partial charge in [-0.1, -0.05) is 47.5 Å². The first-order valence-corrected chi connectivity index (χ1v) is 8.08. The maximum atomic E-state index is 3.43. The summed E-state index contributed by atoms with van der Waals surface area (Å²) in [4.78, 5) is 1.36. The van der Waals surface area contributed by atoms with E-state index < -0.39 is 0 Å². The average molecular weight is 285 g/mol. The lowest BCUT2D eigenvalue weighted by molar-refractivity contribution is 0.617. The monoisotopic (exact) mass is 285 g/mol. The lowest BCUT2D eigenvalue weighted by atomic mass is 10.1. The Kier molecular flexibility index (Phi) is 5.69. The molecule has 2 heteroatoms. The zero-order valence-electron chi connectivity index (χ0n) is 12.5. The highest BCUT2D eigenvalue weighted by Gasteiger charge is 2.08. The molecular formula is C18H23NS. The summed E-state index contributed by atoms with van der Waals surface area (Å²) in [5, 5.41) is 3.43. The molecule has 0 aliphatic carbocycles. The topological polar surface area (TPSA) is 12.0 Å². The van der Waals surface area contributed by atoms with E-state index in [9.17, 15) is 0 Å².